The van der Waals surface area contributed by atoms with Gasteiger partial charge in [-0.05, 0) is 12.1 Å². The summed E-state index contributed by atoms with van der Waals surface area (Å²) in [6, 6.07) is 3.58. The molecule has 4 heterocycles. The van der Waals surface area contributed by atoms with E-state index in [2.05, 4.69) is 15.0 Å². The highest BCUT2D eigenvalue weighted by Crippen LogP contribution is 2.27. The molecule has 156 valence electrons. The molecule has 4 rings (SSSR count). The highest BCUT2D eigenvalue weighted by Gasteiger charge is 2.34. The number of carbonyl (C=O) groups is 3. The fourth-order valence-corrected chi connectivity index (χ4v) is 2.87. The van der Waals surface area contributed by atoms with Gasteiger partial charge in [0.05, 0.1) is 31.9 Å². The molecular formula is C17H20N4O8. The average Bonchev–Trinajstić information content (AvgIpc) is 3.37. The van der Waals surface area contributed by atoms with Crippen LogP contribution in [0.5, 0.6) is 0 Å². The van der Waals surface area contributed by atoms with Gasteiger partial charge >= 0.3 is 11.9 Å². The number of nitrogens with zero attached hydrogens (tertiary/aromatic N) is 4. The summed E-state index contributed by atoms with van der Waals surface area (Å²) >= 11 is 0. The fourth-order valence-electron chi connectivity index (χ4n) is 2.87. The summed E-state index contributed by atoms with van der Waals surface area (Å²) in [5, 5.41) is 18.7. The van der Waals surface area contributed by atoms with Crippen molar-refractivity contribution in [3.8, 4) is 11.6 Å². The third kappa shape index (κ3) is 5.39. The second kappa shape index (κ2) is 9.30. The minimum absolute atomic E-state index is 0.161. The number of furan rings is 1. The number of carboxylic acid groups (broad SMARTS) is 2. The molecule has 2 aromatic rings. The molecule has 0 aliphatic carbocycles. The molecule has 12 heteroatoms. The maximum Gasteiger partial charge on any atom is 0.414 e. The van der Waals surface area contributed by atoms with Crippen LogP contribution in [0.1, 0.15) is 11.8 Å². The number of likely N-dealkylation sites (tertiary alicyclic amines) is 1. The van der Waals surface area contributed by atoms with Gasteiger partial charge in [0, 0.05) is 26.2 Å². The minimum Gasteiger partial charge on any atom is -0.473 e. The molecule has 1 amide bonds. The molecule has 2 fully saturated rings. The van der Waals surface area contributed by atoms with Crippen molar-refractivity contribution in [2.75, 3.05) is 45.9 Å². The molecule has 0 radical (unpaired) electrons. The first-order chi connectivity index (χ1) is 13.9. The predicted molar refractivity (Wildman–Crippen MR) is 93.9 cm³/mol. The van der Waals surface area contributed by atoms with Gasteiger partial charge in [-0.25, -0.2) is 9.59 Å². The third-order valence-electron chi connectivity index (χ3n) is 4.40. The van der Waals surface area contributed by atoms with Crippen molar-refractivity contribution < 1.29 is 38.3 Å². The topological polar surface area (TPSA) is 159 Å². The summed E-state index contributed by atoms with van der Waals surface area (Å²) in [6.45, 7) is 4.60. The van der Waals surface area contributed by atoms with Crippen molar-refractivity contribution >= 4 is 17.8 Å². The fraction of sp³-hybridized carbons (Fsp3) is 0.471. The minimum atomic E-state index is -1.82. The summed E-state index contributed by atoms with van der Waals surface area (Å²) in [4.78, 5) is 38.7. The standard InChI is InChI=1S/C15H18N4O4.C2H2O4/c20-13(19-3-6-21-7-4-19)10-18-8-11(9-18)15-16-14(17-23-15)12-2-1-5-22-12;3-1(4)2(5)6/h1-2,5,11H,3-4,6-10H2;(H,3,4)(H,5,6). The molecule has 2 aliphatic rings. The van der Waals surface area contributed by atoms with Crippen molar-refractivity contribution in [1.29, 1.82) is 0 Å². The first-order valence-electron chi connectivity index (χ1n) is 8.85. The highest BCUT2D eigenvalue weighted by atomic mass is 16.5. The molecule has 0 aromatic carbocycles. The van der Waals surface area contributed by atoms with Crippen molar-refractivity contribution in [1.82, 2.24) is 19.9 Å². The molecule has 0 unspecified atom stereocenters. The third-order valence-corrected chi connectivity index (χ3v) is 4.40. The Morgan fingerprint density at radius 2 is 1.83 bits per heavy atom. The van der Waals surface area contributed by atoms with E-state index in [0.29, 0.717) is 50.3 Å². The normalized spacial score (nSPS) is 17.2. The van der Waals surface area contributed by atoms with Gasteiger partial charge in [-0.2, -0.15) is 4.98 Å². The number of aromatic nitrogens is 2. The molecule has 12 nitrogen and oxygen atoms in total. The van der Waals surface area contributed by atoms with E-state index >= 15 is 0 Å². The van der Waals surface area contributed by atoms with Gasteiger partial charge < -0.3 is 28.8 Å². The number of hydrogen-bond donors (Lipinski definition) is 2. The van der Waals surface area contributed by atoms with Gasteiger partial charge in [0.15, 0.2) is 5.76 Å². The SMILES string of the molecule is O=C(CN1CC(c2nc(-c3ccco3)no2)C1)N1CCOCC1.O=C(O)C(=O)O. The smallest absolute Gasteiger partial charge is 0.414 e. The van der Waals surface area contributed by atoms with E-state index in [1.165, 1.54) is 0 Å². The molecule has 29 heavy (non-hydrogen) atoms. The van der Waals surface area contributed by atoms with Crippen LogP contribution in [0.2, 0.25) is 0 Å². The lowest BCUT2D eigenvalue weighted by atomic mass is 10.0. The number of aliphatic carboxylic acids is 2. The largest absolute Gasteiger partial charge is 0.473 e. The molecule has 0 bridgehead atoms. The number of morpholine rings is 1. The van der Waals surface area contributed by atoms with Crippen LogP contribution in [-0.4, -0.2) is 93.9 Å². The van der Waals surface area contributed by atoms with Crippen LogP contribution in [-0.2, 0) is 19.1 Å². The van der Waals surface area contributed by atoms with Crippen molar-refractivity contribution in [2.24, 2.45) is 0 Å². The van der Waals surface area contributed by atoms with E-state index in [0.717, 1.165) is 13.1 Å². The summed E-state index contributed by atoms with van der Waals surface area (Å²) in [7, 11) is 0. The first-order valence-corrected chi connectivity index (χ1v) is 8.85. The van der Waals surface area contributed by atoms with Gasteiger partial charge in [0.25, 0.3) is 0 Å². The van der Waals surface area contributed by atoms with Gasteiger partial charge in [-0.1, -0.05) is 5.16 Å². The lowest BCUT2D eigenvalue weighted by Crippen LogP contribution is -2.52. The molecule has 2 aliphatic heterocycles. The number of hydrogen-bond acceptors (Lipinski definition) is 9. The van der Waals surface area contributed by atoms with Crippen LogP contribution >= 0.6 is 0 Å². The maximum atomic E-state index is 12.2. The maximum absolute atomic E-state index is 12.2. The molecule has 2 N–H and O–H groups in total. The summed E-state index contributed by atoms with van der Waals surface area (Å²) < 4.78 is 15.8. The Kier molecular flexibility index (Phi) is 6.57. The molecule has 0 atom stereocenters. The van der Waals surface area contributed by atoms with E-state index in [4.69, 9.17) is 33.5 Å². The lowest BCUT2D eigenvalue weighted by molar-refractivity contribution is -0.159. The van der Waals surface area contributed by atoms with Crippen molar-refractivity contribution in [3.63, 3.8) is 0 Å². The Morgan fingerprint density at radius 1 is 1.14 bits per heavy atom. The van der Waals surface area contributed by atoms with Gasteiger partial charge in [0.1, 0.15) is 0 Å². The van der Waals surface area contributed by atoms with Crippen LogP contribution in [0.15, 0.2) is 27.3 Å². The quantitative estimate of drug-likeness (QED) is 0.642. The van der Waals surface area contributed by atoms with Gasteiger partial charge in [-0.15, -0.1) is 0 Å². The van der Waals surface area contributed by atoms with Crippen LogP contribution in [0, 0.1) is 0 Å². The summed E-state index contributed by atoms with van der Waals surface area (Å²) in [5.74, 6) is -1.64. The van der Waals surface area contributed by atoms with E-state index in [-0.39, 0.29) is 11.8 Å². The lowest BCUT2D eigenvalue weighted by Gasteiger charge is -2.38. The van der Waals surface area contributed by atoms with Crippen molar-refractivity contribution in [3.05, 3.63) is 24.3 Å². The monoisotopic (exact) mass is 408 g/mol. The van der Waals surface area contributed by atoms with Crippen LogP contribution in [0.3, 0.4) is 0 Å². The Labute approximate surface area is 164 Å². The summed E-state index contributed by atoms with van der Waals surface area (Å²) in [6.07, 6.45) is 1.58. The summed E-state index contributed by atoms with van der Waals surface area (Å²) in [5.41, 5.74) is 0. The number of carboxylic acids is 2. The average molecular weight is 408 g/mol. The second-order valence-corrected chi connectivity index (χ2v) is 6.43. The highest BCUT2D eigenvalue weighted by molar-refractivity contribution is 6.27. The molecule has 2 saturated heterocycles. The number of carbonyl (C=O) groups excluding carboxylic acids is 1. The zero-order valence-corrected chi connectivity index (χ0v) is 15.4. The Balaban J connectivity index is 0.000000353. The molecule has 0 saturated carbocycles. The molecule has 2 aromatic heterocycles. The van der Waals surface area contributed by atoms with E-state index in [1.54, 1.807) is 18.4 Å². The predicted octanol–water partition coefficient (Wildman–Crippen LogP) is -0.257. The van der Waals surface area contributed by atoms with Crippen molar-refractivity contribution in [2.45, 2.75) is 5.92 Å². The van der Waals surface area contributed by atoms with E-state index in [1.807, 2.05) is 4.90 Å². The Bertz CT molecular complexity index is 825. The van der Waals surface area contributed by atoms with E-state index < -0.39 is 11.9 Å². The van der Waals surface area contributed by atoms with Gasteiger partial charge in [0.2, 0.25) is 17.6 Å². The van der Waals surface area contributed by atoms with Crippen LogP contribution < -0.4 is 0 Å². The number of amides is 1. The first kappa shape index (κ1) is 20.5. The van der Waals surface area contributed by atoms with Crippen LogP contribution in [0.25, 0.3) is 11.6 Å². The Hall–Kier alpha value is -3.25. The Morgan fingerprint density at radius 3 is 2.41 bits per heavy atom. The second-order valence-electron chi connectivity index (χ2n) is 6.43. The molecular weight excluding hydrogens is 388 g/mol. The zero-order valence-electron chi connectivity index (χ0n) is 15.4. The zero-order chi connectivity index (χ0) is 20.8. The van der Waals surface area contributed by atoms with Crippen LogP contribution in [0.4, 0.5) is 0 Å². The number of ether oxygens (including phenoxy) is 1. The van der Waals surface area contributed by atoms with Gasteiger partial charge in [-0.3, -0.25) is 9.69 Å². The van der Waals surface area contributed by atoms with E-state index in [9.17, 15) is 4.79 Å². The number of rotatable bonds is 4. The molecule has 0 spiro atoms.